The number of hydrogen-bond donors (Lipinski definition) is 0. The van der Waals surface area contributed by atoms with E-state index in [1.807, 2.05) is 6.07 Å². The van der Waals surface area contributed by atoms with E-state index in [0.717, 1.165) is 0 Å². The zero-order valence-corrected chi connectivity index (χ0v) is 7.89. The van der Waals surface area contributed by atoms with E-state index < -0.39 is 15.8 Å². The summed E-state index contributed by atoms with van der Waals surface area (Å²) in [5.74, 6) is 0. The van der Waals surface area contributed by atoms with Crippen molar-refractivity contribution in [2.45, 2.75) is 9.89 Å². The van der Waals surface area contributed by atoms with Crippen LogP contribution in [-0.2, 0) is 10.8 Å². The van der Waals surface area contributed by atoms with Crippen molar-refractivity contribution in [3.8, 4) is 0 Å². The van der Waals surface area contributed by atoms with Gasteiger partial charge in [0.1, 0.15) is 0 Å². The van der Waals surface area contributed by atoms with Crippen LogP contribution in [0.2, 0.25) is 0 Å². The minimum Gasteiger partial charge on any atom is -0.262 e. The van der Waals surface area contributed by atoms with Gasteiger partial charge in [0, 0.05) is 16.0 Å². The number of azide groups is 1. The quantitative estimate of drug-likeness (QED) is 0.422. The Kier molecular flexibility index (Phi) is 2.07. The van der Waals surface area contributed by atoms with Gasteiger partial charge in [-0.25, -0.2) is 0 Å². The maximum absolute atomic E-state index is 11.8. The van der Waals surface area contributed by atoms with Gasteiger partial charge >= 0.3 is 0 Å². The van der Waals surface area contributed by atoms with Gasteiger partial charge in [0.05, 0.1) is 10.8 Å². The molecule has 0 spiro atoms. The van der Waals surface area contributed by atoms with Gasteiger partial charge in [-0.2, -0.15) is 0 Å². The Bertz CT molecular complexity index is 444. The van der Waals surface area contributed by atoms with Crippen LogP contribution in [0.4, 0.5) is 0 Å². The molecular formula is C8H6N4OS. The van der Waals surface area contributed by atoms with Crippen molar-refractivity contribution in [1.82, 2.24) is 0 Å². The fraction of sp³-hybridized carbons (Fsp3) is 0.125. The van der Waals surface area contributed by atoms with Crippen molar-refractivity contribution in [3.63, 3.8) is 0 Å². The Hall–Kier alpha value is -1.65. The predicted octanol–water partition coefficient (Wildman–Crippen LogP) is 1.84. The second-order valence-corrected chi connectivity index (χ2v) is 4.30. The second-order valence-electron chi connectivity index (χ2n) is 2.69. The lowest BCUT2D eigenvalue weighted by atomic mass is 10.4. The molecule has 70 valence electrons. The van der Waals surface area contributed by atoms with Gasteiger partial charge in [-0.15, -0.1) is 0 Å². The van der Waals surface area contributed by atoms with Gasteiger partial charge in [-0.05, 0) is 22.8 Å². The molecule has 0 saturated carbocycles. The van der Waals surface area contributed by atoms with Crippen molar-refractivity contribution in [3.05, 3.63) is 40.8 Å². The fourth-order valence-corrected chi connectivity index (χ4v) is 2.13. The summed E-state index contributed by atoms with van der Waals surface area (Å²) in [5, 5.41) is 3.40. The van der Waals surface area contributed by atoms with Gasteiger partial charge in [-0.1, -0.05) is 18.2 Å². The molecule has 1 aromatic carbocycles. The molecule has 5 nitrogen and oxygen atoms in total. The first kappa shape index (κ1) is 8.93. The molecule has 0 amide bonds. The van der Waals surface area contributed by atoms with Crippen molar-refractivity contribution in [2.24, 2.45) is 10.1 Å². The van der Waals surface area contributed by atoms with Crippen molar-refractivity contribution in [1.29, 1.82) is 0 Å². The topological polar surface area (TPSA) is 78.2 Å². The number of rotatable bonds is 3. The first-order valence-electron chi connectivity index (χ1n) is 3.88. The summed E-state index contributed by atoms with van der Waals surface area (Å²) in [7, 11) is -1.43. The number of aliphatic imine (C=N–C) groups is 1. The molecular weight excluding hydrogens is 200 g/mol. The minimum absolute atomic E-state index is 0.609. The molecule has 0 radical (unpaired) electrons. The summed E-state index contributed by atoms with van der Waals surface area (Å²) in [5.41, 5.74) is 8.28. The summed E-state index contributed by atoms with van der Waals surface area (Å²) in [6.45, 7) is 0. The molecule has 0 saturated heterocycles. The molecule has 1 aliphatic heterocycles. The van der Waals surface area contributed by atoms with Crippen LogP contribution in [0.5, 0.6) is 0 Å². The smallest absolute Gasteiger partial charge is 0.252 e. The maximum Gasteiger partial charge on any atom is 0.252 e. The number of nitrogens with zero attached hydrogens (tertiary/aromatic N) is 4. The van der Waals surface area contributed by atoms with E-state index in [1.54, 1.807) is 24.3 Å². The highest BCUT2D eigenvalue weighted by molar-refractivity contribution is 7.87. The SMILES string of the molecule is [N-]=[N+]=NC1(S(=O)c2ccccc2)C=N1. The van der Waals surface area contributed by atoms with E-state index in [2.05, 4.69) is 15.0 Å². The molecule has 1 aromatic rings. The van der Waals surface area contributed by atoms with Crippen LogP contribution in [0.25, 0.3) is 10.4 Å². The Labute approximate surface area is 82.6 Å². The largest absolute Gasteiger partial charge is 0.262 e. The van der Waals surface area contributed by atoms with E-state index >= 15 is 0 Å². The van der Waals surface area contributed by atoms with E-state index in [0.29, 0.717) is 4.90 Å². The summed E-state index contributed by atoms with van der Waals surface area (Å²) >= 11 is 0. The Morgan fingerprint density at radius 3 is 2.57 bits per heavy atom. The average molecular weight is 206 g/mol. The molecule has 2 rings (SSSR count). The van der Waals surface area contributed by atoms with E-state index in [-0.39, 0.29) is 0 Å². The second kappa shape index (κ2) is 3.25. The molecule has 0 bridgehead atoms. The number of benzene rings is 1. The summed E-state index contributed by atoms with van der Waals surface area (Å²) in [6, 6.07) is 8.81. The highest BCUT2D eigenvalue weighted by Crippen LogP contribution is 2.31. The van der Waals surface area contributed by atoms with Gasteiger partial charge < -0.3 is 0 Å². The predicted molar refractivity (Wildman–Crippen MR) is 53.2 cm³/mol. The molecule has 2 atom stereocenters. The van der Waals surface area contributed by atoms with Gasteiger partial charge in [0.2, 0.25) is 0 Å². The Morgan fingerprint density at radius 1 is 1.43 bits per heavy atom. The zero-order valence-electron chi connectivity index (χ0n) is 7.07. The lowest BCUT2D eigenvalue weighted by molar-refractivity contribution is 0.671. The summed E-state index contributed by atoms with van der Waals surface area (Å²) < 4.78 is 11.8. The summed E-state index contributed by atoms with van der Waals surface area (Å²) in [6.07, 6.45) is 1.40. The first-order chi connectivity index (χ1) is 6.78. The minimum atomic E-state index is -1.43. The third-order valence-electron chi connectivity index (χ3n) is 1.77. The van der Waals surface area contributed by atoms with Gasteiger partial charge in [0.25, 0.3) is 4.99 Å². The molecule has 2 unspecified atom stereocenters. The summed E-state index contributed by atoms with van der Waals surface area (Å²) in [4.78, 5) is 5.83. The molecule has 14 heavy (non-hydrogen) atoms. The van der Waals surface area contributed by atoms with Gasteiger partial charge in [0.15, 0.2) is 0 Å². The standard InChI is InChI=1S/C8H6N4OS/c9-12-11-8(6-10-8)14(13)7-4-2-1-3-5-7/h1-6H. The molecule has 1 heterocycles. The molecule has 0 N–H and O–H groups in total. The normalized spacial score (nSPS) is 25.1. The van der Waals surface area contributed by atoms with Crippen LogP contribution < -0.4 is 0 Å². The highest BCUT2D eigenvalue weighted by atomic mass is 32.2. The number of hydrogen-bond acceptors (Lipinski definition) is 3. The lowest BCUT2D eigenvalue weighted by Crippen LogP contribution is -2.17. The van der Waals surface area contributed by atoms with Crippen molar-refractivity contribution in [2.75, 3.05) is 0 Å². The molecule has 0 aromatic heterocycles. The van der Waals surface area contributed by atoms with Crippen LogP contribution in [0, 0.1) is 0 Å². The molecule has 0 aliphatic carbocycles. The maximum atomic E-state index is 11.8. The van der Waals surface area contributed by atoms with Gasteiger partial charge in [-0.3, -0.25) is 9.20 Å². The molecule has 1 aliphatic rings. The first-order valence-corrected chi connectivity index (χ1v) is 5.03. The molecule has 6 heteroatoms. The van der Waals surface area contributed by atoms with Crippen LogP contribution >= 0.6 is 0 Å². The lowest BCUT2D eigenvalue weighted by Gasteiger charge is -2.05. The monoisotopic (exact) mass is 206 g/mol. The highest BCUT2D eigenvalue weighted by Gasteiger charge is 2.43. The average Bonchev–Trinajstić information content (AvgIpc) is 3.00. The third kappa shape index (κ3) is 1.41. The fourth-order valence-electron chi connectivity index (χ4n) is 1.02. The van der Waals surface area contributed by atoms with E-state index in [1.165, 1.54) is 6.21 Å². The van der Waals surface area contributed by atoms with E-state index in [9.17, 15) is 4.21 Å². The van der Waals surface area contributed by atoms with E-state index in [4.69, 9.17) is 5.53 Å². The van der Waals surface area contributed by atoms with Crippen LogP contribution in [0.3, 0.4) is 0 Å². The van der Waals surface area contributed by atoms with Crippen LogP contribution in [0.15, 0.2) is 45.3 Å². The van der Waals surface area contributed by atoms with Crippen LogP contribution in [0.1, 0.15) is 0 Å². The third-order valence-corrected chi connectivity index (χ3v) is 3.31. The zero-order chi connectivity index (χ0) is 10.0. The Morgan fingerprint density at radius 2 is 2.07 bits per heavy atom. The Balaban J connectivity index is 2.30. The van der Waals surface area contributed by atoms with Crippen LogP contribution in [-0.4, -0.2) is 15.4 Å². The van der Waals surface area contributed by atoms with Crippen molar-refractivity contribution < 1.29 is 4.21 Å². The molecule has 0 fully saturated rings. The van der Waals surface area contributed by atoms with Crippen molar-refractivity contribution >= 4 is 17.0 Å².